The molecule has 188 valence electrons. The molecule has 0 saturated carbocycles. The number of piperazine rings is 1. The fourth-order valence-electron chi connectivity index (χ4n) is 5.35. The second kappa shape index (κ2) is 9.79. The molecule has 1 aromatic carbocycles. The van der Waals surface area contributed by atoms with E-state index >= 15 is 0 Å². The zero-order valence-electron chi connectivity index (χ0n) is 22.0. The van der Waals surface area contributed by atoms with Gasteiger partial charge in [0, 0.05) is 44.5 Å². The van der Waals surface area contributed by atoms with Crippen molar-refractivity contribution in [3.8, 4) is 0 Å². The van der Waals surface area contributed by atoms with Crippen LogP contribution in [0.4, 0.5) is 11.5 Å². The lowest BCUT2D eigenvalue weighted by Gasteiger charge is -2.48. The topological polar surface area (TPSA) is 58.6 Å². The highest BCUT2D eigenvalue weighted by atomic mass is 16.1. The number of rotatable bonds is 4. The Morgan fingerprint density at radius 2 is 1.70 bits per heavy atom. The van der Waals surface area contributed by atoms with E-state index in [1.807, 2.05) is 12.3 Å². The Labute approximate surface area is 217 Å². The summed E-state index contributed by atoms with van der Waals surface area (Å²) in [5, 5.41) is 0. The van der Waals surface area contributed by atoms with Crippen molar-refractivity contribution in [2.45, 2.75) is 45.8 Å². The molecule has 4 aromatic rings. The molecule has 1 unspecified atom stereocenters. The lowest BCUT2D eigenvalue weighted by Crippen LogP contribution is -2.57. The number of pyridine rings is 3. The zero-order chi connectivity index (χ0) is 26.3. The number of aryl methyl sites for hydroxylation is 3. The highest BCUT2D eigenvalue weighted by molar-refractivity contribution is 5.89. The number of hydrogen-bond acceptors (Lipinski definition) is 5. The molecule has 4 heterocycles. The smallest absolute Gasteiger partial charge is 0.270 e. The van der Waals surface area contributed by atoms with Crippen molar-refractivity contribution < 1.29 is 0 Å². The van der Waals surface area contributed by atoms with Crippen LogP contribution in [0.3, 0.4) is 0 Å². The summed E-state index contributed by atoms with van der Waals surface area (Å²) in [5.41, 5.74) is 6.76. The molecule has 0 N–H and O–H groups in total. The van der Waals surface area contributed by atoms with E-state index in [1.54, 1.807) is 23.7 Å². The number of hydrogen-bond donors (Lipinski definition) is 0. The van der Waals surface area contributed by atoms with Gasteiger partial charge in [-0.1, -0.05) is 42.5 Å². The summed E-state index contributed by atoms with van der Waals surface area (Å²) < 4.78 is 1.60. The van der Waals surface area contributed by atoms with Crippen LogP contribution in [-0.2, 0) is 7.05 Å². The van der Waals surface area contributed by atoms with Gasteiger partial charge in [0.25, 0.3) is 11.4 Å². The lowest BCUT2D eigenvalue weighted by molar-refractivity contribution is 0.128. The van der Waals surface area contributed by atoms with Gasteiger partial charge in [-0.05, 0) is 57.0 Å². The minimum atomic E-state index is -0.0801. The summed E-state index contributed by atoms with van der Waals surface area (Å²) in [5.74, 6) is 0.330. The monoisotopic (exact) mass is 492 g/mol. The third-order valence-electron chi connectivity index (χ3n) is 7.45. The van der Waals surface area contributed by atoms with Gasteiger partial charge in [-0.15, -0.1) is 4.98 Å². The summed E-state index contributed by atoms with van der Waals surface area (Å²) in [7, 11) is 1.75. The third kappa shape index (κ3) is 4.61. The first-order valence-electron chi connectivity index (χ1n) is 12.7. The molecule has 0 amide bonds. The molecular formula is C30H32N6O. The molecular weight excluding hydrogens is 460 g/mol. The van der Waals surface area contributed by atoms with E-state index in [1.165, 1.54) is 11.1 Å². The van der Waals surface area contributed by atoms with Crippen LogP contribution in [0.25, 0.3) is 15.9 Å². The Hall–Kier alpha value is -4.02. The van der Waals surface area contributed by atoms with Crippen molar-refractivity contribution in [3.63, 3.8) is 0 Å². The Bertz CT molecular complexity index is 1490. The van der Waals surface area contributed by atoms with Crippen molar-refractivity contribution >= 4 is 22.5 Å². The molecule has 0 bridgehead atoms. The van der Waals surface area contributed by atoms with Crippen LogP contribution in [0.5, 0.6) is 0 Å². The van der Waals surface area contributed by atoms with Crippen LogP contribution in [0.15, 0.2) is 65.6 Å². The fourth-order valence-corrected chi connectivity index (χ4v) is 5.35. The molecule has 7 nitrogen and oxygen atoms in total. The van der Waals surface area contributed by atoms with Crippen molar-refractivity contribution in [2.75, 3.05) is 18.0 Å². The predicted molar refractivity (Wildman–Crippen MR) is 148 cm³/mol. The third-order valence-corrected chi connectivity index (χ3v) is 7.45. The minimum absolute atomic E-state index is 0.0213. The van der Waals surface area contributed by atoms with Crippen molar-refractivity contribution in [1.82, 2.24) is 19.4 Å². The van der Waals surface area contributed by atoms with E-state index in [0.29, 0.717) is 11.3 Å². The van der Waals surface area contributed by atoms with Gasteiger partial charge in [-0.2, -0.15) is 0 Å². The Balaban J connectivity index is 1.55. The van der Waals surface area contributed by atoms with E-state index < -0.39 is 0 Å². The average Bonchev–Trinajstić information content (AvgIpc) is 2.90. The van der Waals surface area contributed by atoms with Gasteiger partial charge in [0.2, 0.25) is 5.52 Å². The molecule has 0 radical (unpaired) electrons. The molecule has 0 aliphatic carbocycles. The fraction of sp³-hybridized carbons (Fsp3) is 0.333. The molecule has 3 atom stereocenters. The molecule has 1 saturated heterocycles. The number of benzene rings is 1. The maximum Gasteiger partial charge on any atom is 0.270 e. The Kier molecular flexibility index (Phi) is 6.53. The van der Waals surface area contributed by atoms with Gasteiger partial charge in [-0.3, -0.25) is 14.7 Å². The van der Waals surface area contributed by atoms with E-state index in [0.717, 1.165) is 35.6 Å². The van der Waals surface area contributed by atoms with Crippen LogP contribution in [0, 0.1) is 20.4 Å². The molecule has 1 fully saturated rings. The van der Waals surface area contributed by atoms with Crippen LogP contribution in [0.2, 0.25) is 0 Å². The molecule has 37 heavy (non-hydrogen) atoms. The molecule has 3 aromatic heterocycles. The molecule has 1 aliphatic heterocycles. The maximum atomic E-state index is 12.9. The summed E-state index contributed by atoms with van der Waals surface area (Å²) in [6, 6.07) is 18.5. The van der Waals surface area contributed by atoms with Gasteiger partial charge in [0.1, 0.15) is 0 Å². The van der Waals surface area contributed by atoms with Crippen molar-refractivity contribution in [1.29, 1.82) is 0 Å². The first-order valence-corrected chi connectivity index (χ1v) is 12.7. The number of aromatic nitrogens is 3. The normalized spacial score (nSPS) is 19.1. The first-order chi connectivity index (χ1) is 17.8. The number of fused-ring (bicyclic) bond motifs is 1. The zero-order valence-corrected chi connectivity index (χ0v) is 22.0. The molecule has 5 rings (SSSR count). The largest absolute Gasteiger partial charge is 0.362 e. The number of nitrogens with zero attached hydrogens (tertiary/aromatic N) is 6. The first kappa shape index (κ1) is 24.7. The van der Waals surface area contributed by atoms with Gasteiger partial charge in [0.05, 0.1) is 22.9 Å². The quantitative estimate of drug-likeness (QED) is 0.367. The maximum absolute atomic E-state index is 12.9. The average molecular weight is 493 g/mol. The predicted octanol–water partition coefficient (Wildman–Crippen LogP) is 5.18. The molecule has 0 spiro atoms. The number of anilines is 1. The Morgan fingerprint density at radius 1 is 0.973 bits per heavy atom. The minimum Gasteiger partial charge on any atom is -0.362 e. The molecule has 7 heteroatoms. The van der Waals surface area contributed by atoms with E-state index in [9.17, 15) is 4.79 Å². The summed E-state index contributed by atoms with van der Waals surface area (Å²) in [6.45, 7) is 17.5. The van der Waals surface area contributed by atoms with Crippen LogP contribution in [-0.4, -0.2) is 44.6 Å². The van der Waals surface area contributed by atoms with Gasteiger partial charge in [-0.25, -0.2) is 0 Å². The van der Waals surface area contributed by atoms with Gasteiger partial charge in [0.15, 0.2) is 0 Å². The van der Waals surface area contributed by atoms with Crippen molar-refractivity contribution in [3.05, 3.63) is 105 Å². The van der Waals surface area contributed by atoms with Gasteiger partial charge >= 0.3 is 0 Å². The second-order valence-electron chi connectivity index (χ2n) is 10.2. The standard InChI is InChI=1S/C30H32N6O/c1-19-7-10-23(11-8-19)30(24-12-9-20(2)16-32-24)36-18-21(3)35(17-22(36)4)26-15-28(37)34(6)25-13-14-27(31-5)33-29(25)26/h7-16,21-22,30H,17-18H2,1-4,6H3/t21-,22+,30?/m0/s1. The van der Waals surface area contributed by atoms with Crippen LogP contribution < -0.4 is 10.5 Å². The summed E-state index contributed by atoms with van der Waals surface area (Å²) >= 11 is 0. The summed E-state index contributed by atoms with van der Waals surface area (Å²) in [4.78, 5) is 30.6. The highest BCUT2D eigenvalue weighted by Crippen LogP contribution is 2.35. The molecule has 1 aliphatic rings. The van der Waals surface area contributed by atoms with Gasteiger partial charge < -0.3 is 14.3 Å². The van der Waals surface area contributed by atoms with Crippen LogP contribution in [0.1, 0.15) is 42.3 Å². The van der Waals surface area contributed by atoms with E-state index in [4.69, 9.17) is 11.6 Å². The summed E-state index contributed by atoms with van der Waals surface area (Å²) in [6.07, 6.45) is 1.94. The second-order valence-corrected chi connectivity index (χ2v) is 10.2. The van der Waals surface area contributed by atoms with E-state index in [-0.39, 0.29) is 23.7 Å². The lowest BCUT2D eigenvalue weighted by atomic mass is 9.95. The Morgan fingerprint density at radius 3 is 2.38 bits per heavy atom. The highest BCUT2D eigenvalue weighted by Gasteiger charge is 2.36. The van der Waals surface area contributed by atoms with Crippen molar-refractivity contribution in [2.24, 2.45) is 7.05 Å². The van der Waals surface area contributed by atoms with E-state index in [2.05, 4.69) is 83.7 Å². The SMILES string of the molecule is [C-]#[N+]c1ccc2c(n1)c(N1C[C@@H](C)N(C(c3ccc(C)cc3)c3ccc(C)cn3)C[C@@H]1C)cc(=O)n2C. The van der Waals surface area contributed by atoms with Crippen LogP contribution >= 0.6 is 0 Å².